The molecule has 0 radical (unpaired) electrons. The molecule has 0 spiro atoms. The highest BCUT2D eigenvalue weighted by Gasteiger charge is 2.22. The molecule has 0 saturated carbocycles. The second-order valence-electron chi connectivity index (χ2n) is 2.46. The molecular formula is C8H3ClF2N2O2. The van der Waals surface area contributed by atoms with Crippen LogP contribution in [-0.4, -0.2) is 16.1 Å². The zero-order chi connectivity index (χ0) is 11.6. The van der Waals surface area contributed by atoms with Gasteiger partial charge in [-0.15, -0.1) is 0 Å². The van der Waals surface area contributed by atoms with Gasteiger partial charge < -0.3 is 5.11 Å². The van der Waals surface area contributed by atoms with Crippen LogP contribution in [0, 0.1) is 11.3 Å². The molecule has 0 amide bonds. The van der Waals surface area contributed by atoms with Crippen LogP contribution in [0.1, 0.15) is 28.0 Å². The number of pyridine rings is 1. The third kappa shape index (κ3) is 2.02. The van der Waals surface area contributed by atoms with E-state index in [4.69, 9.17) is 22.0 Å². The maximum Gasteiger partial charge on any atom is 0.338 e. The summed E-state index contributed by atoms with van der Waals surface area (Å²) in [4.78, 5) is 13.7. The highest BCUT2D eigenvalue weighted by atomic mass is 35.5. The van der Waals surface area contributed by atoms with Crippen molar-refractivity contribution in [3.63, 3.8) is 0 Å². The number of carbonyl (C=O) groups is 1. The number of hydrogen-bond acceptors (Lipinski definition) is 3. The van der Waals surface area contributed by atoms with Crippen molar-refractivity contribution in [1.29, 1.82) is 5.26 Å². The molecule has 78 valence electrons. The van der Waals surface area contributed by atoms with Crippen LogP contribution < -0.4 is 0 Å². The summed E-state index contributed by atoms with van der Waals surface area (Å²) in [6.07, 6.45) is -2.27. The lowest BCUT2D eigenvalue weighted by atomic mass is 10.1. The second-order valence-corrected chi connectivity index (χ2v) is 2.84. The van der Waals surface area contributed by atoms with Crippen molar-refractivity contribution in [2.75, 3.05) is 0 Å². The van der Waals surface area contributed by atoms with Gasteiger partial charge in [-0.05, 0) is 0 Å². The lowest BCUT2D eigenvalue weighted by molar-refractivity contribution is 0.0696. The molecule has 1 N–H and O–H groups in total. The topological polar surface area (TPSA) is 74.0 Å². The Morgan fingerprint density at radius 1 is 1.67 bits per heavy atom. The van der Waals surface area contributed by atoms with Crippen molar-refractivity contribution in [3.05, 3.63) is 28.0 Å². The fourth-order valence-electron chi connectivity index (χ4n) is 0.923. The molecule has 1 rings (SSSR count). The lowest BCUT2D eigenvalue weighted by Gasteiger charge is -2.05. The van der Waals surface area contributed by atoms with Crippen LogP contribution in [0.15, 0.2) is 6.20 Å². The molecule has 0 aliphatic carbocycles. The second kappa shape index (κ2) is 4.19. The first-order valence-electron chi connectivity index (χ1n) is 3.59. The van der Waals surface area contributed by atoms with Crippen LogP contribution >= 0.6 is 11.6 Å². The zero-order valence-electron chi connectivity index (χ0n) is 7.04. The number of rotatable bonds is 2. The van der Waals surface area contributed by atoms with Crippen molar-refractivity contribution in [2.45, 2.75) is 6.43 Å². The maximum atomic E-state index is 12.3. The maximum absolute atomic E-state index is 12.3. The fraction of sp³-hybridized carbons (Fsp3) is 0.125. The first-order chi connectivity index (χ1) is 6.99. The highest BCUT2D eigenvalue weighted by molar-refractivity contribution is 6.34. The summed E-state index contributed by atoms with van der Waals surface area (Å²) < 4.78 is 24.6. The Balaban J connectivity index is 3.48. The Kier molecular flexibility index (Phi) is 3.17. The minimum absolute atomic E-state index is 0.474. The van der Waals surface area contributed by atoms with Gasteiger partial charge in [0.15, 0.2) is 0 Å². The number of aromatic carboxylic acids is 1. The van der Waals surface area contributed by atoms with Gasteiger partial charge in [0, 0.05) is 6.20 Å². The summed E-state index contributed by atoms with van der Waals surface area (Å²) >= 11 is 5.48. The number of nitrogens with zero attached hydrogens (tertiary/aromatic N) is 2. The van der Waals surface area contributed by atoms with E-state index in [1.807, 2.05) is 0 Å². The van der Waals surface area contributed by atoms with E-state index >= 15 is 0 Å². The molecule has 1 heterocycles. The van der Waals surface area contributed by atoms with Gasteiger partial charge in [0.05, 0.1) is 16.1 Å². The molecule has 0 aliphatic heterocycles. The predicted molar refractivity (Wildman–Crippen MR) is 45.9 cm³/mol. The van der Waals surface area contributed by atoms with Crippen molar-refractivity contribution in [1.82, 2.24) is 4.98 Å². The summed E-state index contributed by atoms with van der Waals surface area (Å²) in [5.41, 5.74) is -1.89. The highest BCUT2D eigenvalue weighted by Crippen LogP contribution is 2.28. The van der Waals surface area contributed by atoms with Crippen molar-refractivity contribution in [2.24, 2.45) is 0 Å². The van der Waals surface area contributed by atoms with Crippen LogP contribution in [0.4, 0.5) is 8.78 Å². The number of carboxylic acid groups (broad SMARTS) is 1. The minimum Gasteiger partial charge on any atom is -0.478 e. The standard InChI is InChI=1S/C8H3ClF2N2O2/c9-5-3(1-12)6(7(10)11)13-2-4(5)8(14)15/h2,7H,(H,14,15). The number of alkyl halides is 2. The first kappa shape index (κ1) is 11.3. The van der Waals surface area contributed by atoms with E-state index in [9.17, 15) is 13.6 Å². The molecule has 0 aromatic carbocycles. The van der Waals surface area contributed by atoms with Gasteiger partial charge in [-0.2, -0.15) is 5.26 Å². The van der Waals surface area contributed by atoms with Gasteiger partial charge in [-0.1, -0.05) is 11.6 Å². The number of nitriles is 1. The number of carboxylic acids is 1. The SMILES string of the molecule is N#Cc1c(C(F)F)ncc(C(=O)O)c1Cl. The van der Waals surface area contributed by atoms with E-state index in [1.54, 1.807) is 0 Å². The number of hydrogen-bond donors (Lipinski definition) is 1. The van der Waals surface area contributed by atoms with Crippen molar-refractivity contribution >= 4 is 17.6 Å². The fourth-order valence-corrected chi connectivity index (χ4v) is 1.19. The third-order valence-electron chi connectivity index (χ3n) is 1.59. The average molecular weight is 233 g/mol. The predicted octanol–water partition coefficient (Wildman–Crippen LogP) is 2.24. The quantitative estimate of drug-likeness (QED) is 0.849. The Hall–Kier alpha value is -1.74. The first-order valence-corrected chi connectivity index (χ1v) is 3.96. The van der Waals surface area contributed by atoms with Gasteiger partial charge in [-0.3, -0.25) is 4.98 Å². The smallest absolute Gasteiger partial charge is 0.338 e. The lowest BCUT2D eigenvalue weighted by Crippen LogP contribution is -2.04. The molecule has 1 aromatic rings. The van der Waals surface area contributed by atoms with Gasteiger partial charge in [-0.25, -0.2) is 13.6 Å². The van der Waals surface area contributed by atoms with Gasteiger partial charge in [0.25, 0.3) is 6.43 Å². The molecule has 1 aromatic heterocycles. The number of halogens is 3. The van der Waals surface area contributed by atoms with Crippen molar-refractivity contribution in [3.8, 4) is 6.07 Å². The molecule has 0 saturated heterocycles. The van der Waals surface area contributed by atoms with E-state index in [1.165, 1.54) is 6.07 Å². The normalized spacial score (nSPS) is 10.1. The molecule has 4 nitrogen and oxygen atoms in total. The van der Waals surface area contributed by atoms with Crippen molar-refractivity contribution < 1.29 is 18.7 Å². The summed E-state index contributed by atoms with van der Waals surface area (Å²) in [5, 5.41) is 16.6. The molecule has 15 heavy (non-hydrogen) atoms. The zero-order valence-corrected chi connectivity index (χ0v) is 7.79. The van der Waals surface area contributed by atoms with Crippen LogP contribution in [0.2, 0.25) is 5.02 Å². The largest absolute Gasteiger partial charge is 0.478 e. The molecule has 0 fully saturated rings. The Morgan fingerprint density at radius 2 is 2.27 bits per heavy atom. The molecule has 7 heteroatoms. The monoisotopic (exact) mass is 232 g/mol. The minimum atomic E-state index is -2.97. The Labute approximate surface area is 87.7 Å². The summed E-state index contributed by atoms with van der Waals surface area (Å²) in [7, 11) is 0. The van der Waals surface area contributed by atoms with E-state index < -0.39 is 34.2 Å². The van der Waals surface area contributed by atoms with E-state index in [0.717, 1.165) is 0 Å². The summed E-state index contributed by atoms with van der Waals surface area (Å²) in [6, 6.07) is 1.40. The average Bonchev–Trinajstić information content (AvgIpc) is 2.16. The summed E-state index contributed by atoms with van der Waals surface area (Å²) in [6.45, 7) is 0. The van der Waals surface area contributed by atoms with Crippen LogP contribution in [0.3, 0.4) is 0 Å². The van der Waals surface area contributed by atoms with Crippen LogP contribution in [-0.2, 0) is 0 Å². The Bertz CT molecular complexity index is 457. The summed E-state index contributed by atoms with van der Waals surface area (Å²) in [5.74, 6) is -1.43. The Morgan fingerprint density at radius 3 is 2.67 bits per heavy atom. The molecule has 0 aliphatic rings. The van der Waals surface area contributed by atoms with Crippen LogP contribution in [0.5, 0.6) is 0 Å². The van der Waals surface area contributed by atoms with E-state index in [2.05, 4.69) is 4.98 Å². The molecule has 0 bridgehead atoms. The van der Waals surface area contributed by atoms with E-state index in [-0.39, 0.29) is 0 Å². The van der Waals surface area contributed by atoms with Crippen LogP contribution in [0.25, 0.3) is 0 Å². The van der Waals surface area contributed by atoms with E-state index in [0.29, 0.717) is 6.20 Å². The van der Waals surface area contributed by atoms with Gasteiger partial charge >= 0.3 is 5.97 Å². The molecular weight excluding hydrogens is 230 g/mol. The van der Waals surface area contributed by atoms with Gasteiger partial charge in [0.1, 0.15) is 11.8 Å². The third-order valence-corrected chi connectivity index (χ3v) is 1.99. The van der Waals surface area contributed by atoms with Gasteiger partial charge in [0.2, 0.25) is 0 Å². The molecule has 0 atom stereocenters. The number of aromatic nitrogens is 1. The molecule has 0 unspecified atom stereocenters.